The van der Waals surface area contributed by atoms with Crippen LogP contribution >= 0.6 is 0 Å². The Labute approximate surface area is 266 Å². The molecule has 0 N–H and O–H groups in total. The fourth-order valence-electron chi connectivity index (χ4n) is 5.85. The van der Waals surface area contributed by atoms with Gasteiger partial charge in [0.15, 0.2) is 21.3 Å². The summed E-state index contributed by atoms with van der Waals surface area (Å²) >= 11 is 0. The minimum atomic E-state index is -5.10. The van der Waals surface area contributed by atoms with E-state index in [9.17, 15) is 31.2 Å². The Kier molecular flexibility index (Phi) is 8.73. The maximum absolute atomic E-state index is 16.0. The van der Waals surface area contributed by atoms with E-state index < -0.39 is 61.8 Å². The molecule has 2 aromatic carbocycles. The summed E-state index contributed by atoms with van der Waals surface area (Å²) < 4.78 is 100. The summed E-state index contributed by atoms with van der Waals surface area (Å²) in [6, 6.07) is 6.76. The van der Waals surface area contributed by atoms with Gasteiger partial charge in [0.1, 0.15) is 17.3 Å². The van der Waals surface area contributed by atoms with E-state index >= 15 is 8.78 Å². The smallest absolute Gasteiger partial charge is 0.350 e. The standard InChI is InChI=1S/C32H30F5N5O4S/c1-6-25(43)40-13-14-41(18(4)16-40)29-20-15-23(34)27(26-21(32(35,36)37)10-8-11-22(26)33)38-30(20)42(31(44)39-29)28-19(17(2)3)9-7-12-24(28)47(5,45)46/h6-12,15,17-18H,1,13-14,16H2,2-5H3/t18-/m0/s1. The highest BCUT2D eigenvalue weighted by Gasteiger charge is 2.37. The number of pyridine rings is 1. The zero-order valence-corrected chi connectivity index (χ0v) is 26.6. The van der Waals surface area contributed by atoms with Crippen LogP contribution in [0, 0.1) is 11.6 Å². The van der Waals surface area contributed by atoms with E-state index in [1.54, 1.807) is 31.7 Å². The second-order valence-corrected chi connectivity index (χ2v) is 13.5. The number of para-hydroxylation sites is 1. The molecule has 15 heteroatoms. The van der Waals surface area contributed by atoms with Crippen molar-refractivity contribution in [2.45, 2.75) is 43.8 Å². The molecule has 0 radical (unpaired) electrons. The lowest BCUT2D eigenvalue weighted by molar-refractivity contribution is -0.137. The van der Waals surface area contributed by atoms with Crippen molar-refractivity contribution in [2.75, 3.05) is 30.8 Å². The molecule has 0 bridgehead atoms. The number of nitrogens with zero attached hydrogens (tertiary/aromatic N) is 5. The highest BCUT2D eigenvalue weighted by molar-refractivity contribution is 7.90. The Balaban J connectivity index is 1.93. The van der Waals surface area contributed by atoms with Gasteiger partial charge in [-0.2, -0.15) is 18.2 Å². The third kappa shape index (κ3) is 6.11. The van der Waals surface area contributed by atoms with Gasteiger partial charge in [-0.1, -0.05) is 38.6 Å². The van der Waals surface area contributed by atoms with Crippen molar-refractivity contribution in [3.05, 3.63) is 88.4 Å². The fourth-order valence-corrected chi connectivity index (χ4v) is 6.73. The van der Waals surface area contributed by atoms with Crippen molar-refractivity contribution in [3.8, 4) is 16.9 Å². The number of hydrogen-bond acceptors (Lipinski definition) is 7. The molecular formula is C32H30F5N5O4S. The number of aromatic nitrogens is 3. The number of alkyl halides is 3. The normalized spacial score (nSPS) is 15.8. The molecule has 1 fully saturated rings. The van der Waals surface area contributed by atoms with Crippen LogP contribution in [-0.4, -0.2) is 65.7 Å². The number of sulfone groups is 1. The van der Waals surface area contributed by atoms with Gasteiger partial charge >= 0.3 is 11.9 Å². The van der Waals surface area contributed by atoms with Crippen molar-refractivity contribution in [1.82, 2.24) is 19.4 Å². The van der Waals surface area contributed by atoms with Crippen molar-refractivity contribution in [1.29, 1.82) is 0 Å². The minimum Gasteiger partial charge on any atom is -0.350 e. The molecule has 1 aliphatic heterocycles. The monoisotopic (exact) mass is 675 g/mol. The number of carbonyl (C=O) groups is 1. The van der Waals surface area contributed by atoms with Crippen molar-refractivity contribution in [3.63, 3.8) is 0 Å². The number of hydrogen-bond donors (Lipinski definition) is 0. The van der Waals surface area contributed by atoms with Crippen LogP contribution in [0.25, 0.3) is 28.0 Å². The molecule has 5 rings (SSSR count). The largest absolute Gasteiger partial charge is 0.417 e. The van der Waals surface area contributed by atoms with E-state index in [0.717, 1.165) is 35.1 Å². The lowest BCUT2D eigenvalue weighted by Gasteiger charge is -2.40. The predicted molar refractivity (Wildman–Crippen MR) is 166 cm³/mol. The topological polar surface area (TPSA) is 105 Å². The molecule has 248 valence electrons. The fraction of sp³-hybridized carbons (Fsp3) is 0.312. The second-order valence-electron chi connectivity index (χ2n) is 11.6. The Morgan fingerprint density at radius 3 is 2.34 bits per heavy atom. The number of benzene rings is 2. The van der Waals surface area contributed by atoms with Crippen LogP contribution in [0.15, 0.2) is 64.8 Å². The highest BCUT2D eigenvalue weighted by atomic mass is 32.2. The van der Waals surface area contributed by atoms with Crippen LogP contribution in [0.5, 0.6) is 0 Å². The predicted octanol–water partition coefficient (Wildman–Crippen LogP) is 5.49. The molecule has 1 amide bonds. The SMILES string of the molecule is C=CC(=O)N1CCN(c2nc(=O)n(-c3c(C(C)C)cccc3S(C)(=O)=O)c3nc(-c4c(F)cccc4C(F)(F)F)c(F)cc23)[C@@H](C)C1. The van der Waals surface area contributed by atoms with Crippen molar-refractivity contribution in [2.24, 2.45) is 0 Å². The van der Waals surface area contributed by atoms with E-state index in [0.29, 0.717) is 11.6 Å². The number of amides is 1. The van der Waals surface area contributed by atoms with Gasteiger partial charge < -0.3 is 9.80 Å². The molecule has 3 heterocycles. The number of piperazine rings is 1. The van der Waals surface area contributed by atoms with Crippen LogP contribution in [0.4, 0.5) is 27.8 Å². The second kappa shape index (κ2) is 12.2. The minimum absolute atomic E-state index is 0.0927. The average Bonchev–Trinajstić information content (AvgIpc) is 2.99. The molecule has 2 aromatic heterocycles. The Hall–Kier alpha value is -4.66. The summed E-state index contributed by atoms with van der Waals surface area (Å²) in [5.74, 6) is -3.55. The number of anilines is 1. The molecule has 4 aromatic rings. The first kappa shape index (κ1) is 33.7. The highest BCUT2D eigenvalue weighted by Crippen LogP contribution is 2.41. The molecule has 9 nitrogen and oxygen atoms in total. The van der Waals surface area contributed by atoms with Crippen LogP contribution in [-0.2, 0) is 20.8 Å². The summed E-state index contributed by atoms with van der Waals surface area (Å²) in [6.07, 6.45) is -3.03. The lowest BCUT2D eigenvalue weighted by Crippen LogP contribution is -2.54. The summed E-state index contributed by atoms with van der Waals surface area (Å²) in [4.78, 5) is 37.6. The van der Waals surface area contributed by atoms with E-state index in [4.69, 9.17) is 0 Å². The molecule has 1 aliphatic rings. The summed E-state index contributed by atoms with van der Waals surface area (Å²) in [5.41, 5.74) is -5.02. The molecule has 1 saturated heterocycles. The molecule has 0 saturated carbocycles. The number of halogens is 5. The maximum Gasteiger partial charge on any atom is 0.417 e. The molecule has 0 unspecified atom stereocenters. The van der Waals surface area contributed by atoms with E-state index in [1.807, 2.05) is 0 Å². The molecule has 1 atom stereocenters. The Morgan fingerprint density at radius 1 is 1.06 bits per heavy atom. The first-order chi connectivity index (χ1) is 21.9. The van der Waals surface area contributed by atoms with Crippen LogP contribution < -0.4 is 10.6 Å². The molecular weight excluding hydrogens is 645 g/mol. The van der Waals surface area contributed by atoms with E-state index in [1.165, 1.54) is 17.0 Å². The maximum atomic E-state index is 16.0. The van der Waals surface area contributed by atoms with Gasteiger partial charge in [0.05, 0.1) is 27.1 Å². The molecule has 0 aliphatic carbocycles. The zero-order valence-electron chi connectivity index (χ0n) is 25.8. The van der Waals surface area contributed by atoms with Gasteiger partial charge in [-0.05, 0) is 48.7 Å². The van der Waals surface area contributed by atoms with Crippen LogP contribution in [0.1, 0.15) is 37.8 Å². The molecule has 47 heavy (non-hydrogen) atoms. The first-order valence-electron chi connectivity index (χ1n) is 14.5. The Morgan fingerprint density at radius 2 is 1.74 bits per heavy atom. The zero-order chi connectivity index (χ0) is 34.6. The van der Waals surface area contributed by atoms with E-state index in [-0.39, 0.29) is 53.2 Å². The van der Waals surface area contributed by atoms with Gasteiger partial charge in [-0.25, -0.2) is 31.5 Å². The van der Waals surface area contributed by atoms with Gasteiger partial charge in [0.25, 0.3) is 0 Å². The van der Waals surface area contributed by atoms with Crippen LogP contribution in [0.2, 0.25) is 0 Å². The van der Waals surface area contributed by atoms with Crippen LogP contribution in [0.3, 0.4) is 0 Å². The van der Waals surface area contributed by atoms with Gasteiger partial charge in [-0.15, -0.1) is 0 Å². The third-order valence-electron chi connectivity index (χ3n) is 8.02. The number of rotatable bonds is 6. The van der Waals surface area contributed by atoms with E-state index in [2.05, 4.69) is 16.5 Å². The summed E-state index contributed by atoms with van der Waals surface area (Å²) in [6.45, 7) is 9.16. The quantitative estimate of drug-likeness (QED) is 0.197. The van der Waals surface area contributed by atoms with Gasteiger partial charge in [0, 0.05) is 31.9 Å². The molecule has 0 spiro atoms. The number of fused-ring (bicyclic) bond motifs is 1. The average molecular weight is 676 g/mol. The third-order valence-corrected chi connectivity index (χ3v) is 9.15. The van der Waals surface area contributed by atoms with Gasteiger partial charge in [0.2, 0.25) is 5.91 Å². The van der Waals surface area contributed by atoms with Crippen molar-refractivity contribution >= 4 is 32.6 Å². The van der Waals surface area contributed by atoms with Crippen molar-refractivity contribution < 1.29 is 35.2 Å². The number of carbonyl (C=O) groups excluding carboxylic acids is 1. The summed E-state index contributed by atoms with van der Waals surface area (Å²) in [7, 11) is -4.04. The first-order valence-corrected chi connectivity index (χ1v) is 16.4. The Bertz CT molecular complexity index is 2100. The lowest BCUT2D eigenvalue weighted by atomic mass is 10.0. The van der Waals surface area contributed by atoms with Gasteiger partial charge in [-0.3, -0.25) is 4.79 Å². The summed E-state index contributed by atoms with van der Waals surface area (Å²) in [5, 5.41) is -0.149.